The van der Waals surface area contributed by atoms with E-state index in [9.17, 15) is 14.4 Å². The van der Waals surface area contributed by atoms with Crippen molar-refractivity contribution in [1.82, 2.24) is 4.90 Å². The zero-order valence-corrected chi connectivity index (χ0v) is 16.3. The maximum atomic E-state index is 12.6. The molecule has 0 saturated heterocycles. The van der Waals surface area contributed by atoms with Crippen LogP contribution in [-0.2, 0) is 16.0 Å². The van der Waals surface area contributed by atoms with Gasteiger partial charge >= 0.3 is 6.09 Å². The Kier molecular flexibility index (Phi) is 7.56. The Labute approximate surface area is 164 Å². The van der Waals surface area contributed by atoms with Crippen LogP contribution < -0.4 is 10.6 Å². The van der Waals surface area contributed by atoms with E-state index in [4.69, 9.17) is 4.74 Å². The Morgan fingerprint density at radius 1 is 1.00 bits per heavy atom. The number of amides is 3. The largest absolute Gasteiger partial charge is 0.450 e. The Morgan fingerprint density at radius 2 is 1.75 bits per heavy atom. The lowest BCUT2D eigenvalue weighted by atomic mass is 10.1. The van der Waals surface area contributed by atoms with Gasteiger partial charge in [-0.15, -0.1) is 0 Å². The van der Waals surface area contributed by atoms with Crippen molar-refractivity contribution in [2.24, 2.45) is 0 Å². The third-order valence-corrected chi connectivity index (χ3v) is 4.03. The highest BCUT2D eigenvalue weighted by atomic mass is 16.5. The maximum absolute atomic E-state index is 12.6. The highest BCUT2D eigenvalue weighted by molar-refractivity contribution is 6.00. The minimum absolute atomic E-state index is 0.0909. The number of nitrogens with one attached hydrogen (secondary N) is 2. The summed E-state index contributed by atoms with van der Waals surface area (Å²) in [6.45, 7) is 3.88. The SMILES string of the molecule is CCOC(=O)Nc1cccc(C(=O)N(C)CC(=O)Nc2ccccc2CC)c1. The van der Waals surface area contributed by atoms with Crippen LogP contribution in [0, 0.1) is 0 Å². The Morgan fingerprint density at radius 3 is 2.46 bits per heavy atom. The summed E-state index contributed by atoms with van der Waals surface area (Å²) < 4.78 is 4.82. The molecule has 28 heavy (non-hydrogen) atoms. The molecule has 0 radical (unpaired) electrons. The molecule has 0 aromatic heterocycles. The molecule has 2 N–H and O–H groups in total. The summed E-state index contributed by atoms with van der Waals surface area (Å²) in [6, 6.07) is 14.0. The summed E-state index contributed by atoms with van der Waals surface area (Å²) in [6.07, 6.45) is 0.209. The highest BCUT2D eigenvalue weighted by Gasteiger charge is 2.16. The van der Waals surface area contributed by atoms with Crippen molar-refractivity contribution in [2.45, 2.75) is 20.3 Å². The lowest BCUT2D eigenvalue weighted by molar-refractivity contribution is -0.116. The van der Waals surface area contributed by atoms with Crippen molar-refractivity contribution in [3.05, 3.63) is 59.7 Å². The molecule has 0 aliphatic carbocycles. The second kappa shape index (κ2) is 10.1. The number of hydrogen-bond acceptors (Lipinski definition) is 4. The predicted molar refractivity (Wildman–Crippen MR) is 108 cm³/mol. The van der Waals surface area contributed by atoms with E-state index in [-0.39, 0.29) is 25.0 Å². The normalized spacial score (nSPS) is 10.1. The fraction of sp³-hybridized carbons (Fsp3) is 0.286. The molecular weight excluding hydrogens is 358 g/mol. The van der Waals surface area contributed by atoms with Crippen molar-refractivity contribution in [2.75, 3.05) is 30.8 Å². The van der Waals surface area contributed by atoms with Crippen LogP contribution in [0.25, 0.3) is 0 Å². The summed E-state index contributed by atoms with van der Waals surface area (Å²) in [7, 11) is 1.55. The maximum Gasteiger partial charge on any atom is 0.411 e. The van der Waals surface area contributed by atoms with Crippen molar-refractivity contribution in [3.63, 3.8) is 0 Å². The molecule has 3 amide bonds. The molecule has 0 heterocycles. The standard InChI is InChI=1S/C21H25N3O4/c1-4-15-9-6-7-12-18(15)23-19(25)14-24(3)20(26)16-10-8-11-17(13-16)22-21(27)28-5-2/h6-13H,4-5,14H2,1-3H3,(H,22,27)(H,23,25). The van der Waals surface area contributed by atoms with Crippen LogP contribution in [0.3, 0.4) is 0 Å². The quantitative estimate of drug-likeness (QED) is 0.766. The summed E-state index contributed by atoms with van der Waals surface area (Å²) >= 11 is 0. The van der Waals surface area contributed by atoms with Gasteiger partial charge in [-0.2, -0.15) is 0 Å². The number of ether oxygens (including phenoxy) is 1. The van der Waals surface area contributed by atoms with Crippen molar-refractivity contribution in [1.29, 1.82) is 0 Å². The van der Waals surface area contributed by atoms with Gasteiger partial charge in [-0.05, 0) is 43.2 Å². The Balaban J connectivity index is 2.00. The van der Waals surface area contributed by atoms with Crippen LogP contribution in [0.4, 0.5) is 16.2 Å². The molecule has 0 aliphatic heterocycles. The number of hydrogen-bond donors (Lipinski definition) is 2. The summed E-state index contributed by atoms with van der Waals surface area (Å²) in [4.78, 5) is 37.8. The minimum atomic E-state index is -0.588. The molecule has 0 spiro atoms. The van der Waals surface area contributed by atoms with Crippen molar-refractivity contribution >= 4 is 29.3 Å². The average molecular weight is 383 g/mol. The number of aryl methyl sites for hydroxylation is 1. The topological polar surface area (TPSA) is 87.7 Å². The van der Waals surface area contributed by atoms with Gasteiger partial charge in [-0.3, -0.25) is 14.9 Å². The number of benzene rings is 2. The number of nitrogens with zero attached hydrogens (tertiary/aromatic N) is 1. The van der Waals surface area contributed by atoms with Crippen LogP contribution in [-0.4, -0.2) is 43.0 Å². The van der Waals surface area contributed by atoms with Crippen LogP contribution in [0.5, 0.6) is 0 Å². The molecular formula is C21H25N3O4. The van der Waals surface area contributed by atoms with Crippen molar-refractivity contribution in [3.8, 4) is 0 Å². The third kappa shape index (κ3) is 5.84. The number of para-hydroxylation sites is 1. The number of anilines is 2. The smallest absolute Gasteiger partial charge is 0.411 e. The van der Waals surface area contributed by atoms with Gasteiger partial charge in [0, 0.05) is 24.0 Å². The number of rotatable bonds is 7. The lowest BCUT2D eigenvalue weighted by Gasteiger charge is -2.18. The average Bonchev–Trinajstić information content (AvgIpc) is 2.68. The van der Waals surface area contributed by atoms with Crippen LogP contribution >= 0.6 is 0 Å². The molecule has 148 valence electrons. The van der Waals surface area contributed by atoms with Gasteiger partial charge in [-0.1, -0.05) is 31.2 Å². The van der Waals surface area contributed by atoms with Gasteiger partial charge in [0.15, 0.2) is 0 Å². The molecule has 2 rings (SSSR count). The molecule has 0 atom stereocenters. The van der Waals surface area contributed by atoms with Crippen LogP contribution in [0.1, 0.15) is 29.8 Å². The van der Waals surface area contributed by atoms with Gasteiger partial charge in [-0.25, -0.2) is 4.79 Å². The monoisotopic (exact) mass is 383 g/mol. The van der Waals surface area contributed by atoms with Gasteiger partial charge < -0.3 is 15.0 Å². The fourth-order valence-electron chi connectivity index (χ4n) is 2.66. The summed E-state index contributed by atoms with van der Waals surface area (Å²) in [5, 5.41) is 5.40. The van der Waals surface area contributed by atoms with E-state index in [0.29, 0.717) is 11.3 Å². The Bertz CT molecular complexity index is 851. The van der Waals surface area contributed by atoms with Gasteiger partial charge in [0.25, 0.3) is 5.91 Å². The minimum Gasteiger partial charge on any atom is -0.450 e. The fourth-order valence-corrected chi connectivity index (χ4v) is 2.66. The summed E-state index contributed by atoms with van der Waals surface area (Å²) in [5.74, 6) is -0.607. The molecule has 7 nitrogen and oxygen atoms in total. The predicted octanol–water partition coefficient (Wildman–Crippen LogP) is 3.53. The van der Waals surface area contributed by atoms with Gasteiger partial charge in [0.05, 0.1) is 13.2 Å². The van der Waals surface area contributed by atoms with E-state index in [1.165, 1.54) is 4.90 Å². The highest BCUT2D eigenvalue weighted by Crippen LogP contribution is 2.16. The molecule has 2 aromatic carbocycles. The molecule has 0 bridgehead atoms. The first-order valence-electron chi connectivity index (χ1n) is 9.11. The van der Waals surface area contributed by atoms with Gasteiger partial charge in [0.1, 0.15) is 0 Å². The lowest BCUT2D eigenvalue weighted by Crippen LogP contribution is -2.35. The van der Waals surface area contributed by atoms with E-state index >= 15 is 0 Å². The first-order valence-corrected chi connectivity index (χ1v) is 9.11. The third-order valence-electron chi connectivity index (χ3n) is 4.03. The van der Waals surface area contributed by atoms with Crippen LogP contribution in [0.15, 0.2) is 48.5 Å². The molecule has 0 unspecified atom stereocenters. The summed E-state index contributed by atoms with van der Waals surface area (Å²) in [5.41, 5.74) is 2.58. The number of likely N-dealkylation sites (N-methyl/N-ethyl adjacent to an activating group) is 1. The molecule has 7 heteroatoms. The zero-order chi connectivity index (χ0) is 20.5. The Hall–Kier alpha value is -3.35. The number of carbonyl (C=O) groups excluding carboxylic acids is 3. The second-order valence-corrected chi connectivity index (χ2v) is 6.15. The van der Waals surface area contributed by atoms with Gasteiger partial charge in [0.2, 0.25) is 5.91 Å². The van der Waals surface area contributed by atoms with E-state index in [1.807, 2.05) is 31.2 Å². The second-order valence-electron chi connectivity index (χ2n) is 6.15. The van der Waals surface area contributed by atoms with E-state index in [2.05, 4.69) is 10.6 Å². The molecule has 0 aliphatic rings. The first kappa shape index (κ1) is 21.0. The van der Waals surface area contributed by atoms with E-state index in [0.717, 1.165) is 17.7 Å². The van der Waals surface area contributed by atoms with E-state index in [1.54, 1.807) is 38.2 Å². The zero-order valence-electron chi connectivity index (χ0n) is 16.3. The number of carbonyl (C=O) groups is 3. The molecule has 0 saturated carbocycles. The van der Waals surface area contributed by atoms with Crippen LogP contribution in [0.2, 0.25) is 0 Å². The molecule has 0 fully saturated rings. The van der Waals surface area contributed by atoms with E-state index < -0.39 is 6.09 Å². The first-order chi connectivity index (χ1) is 13.4. The molecule has 2 aromatic rings. The van der Waals surface area contributed by atoms with Crippen molar-refractivity contribution < 1.29 is 19.1 Å².